The standard InChI is InChI=1S/C19H21FN4O5/c1-11-17(28-13-4-6-24(7-5-13)19(26)27)22-10-23-18(11)29-15-3-2-12(8-14(15)20)9-16(21)25/h2-3,8,10,13H,4-7,9H2,1H3,(H2,21,25)(H,26,27). The number of nitrogens with two attached hydrogens (primary N) is 1. The van der Waals surface area contributed by atoms with Gasteiger partial charge in [0.05, 0.1) is 12.0 Å². The molecule has 9 nitrogen and oxygen atoms in total. The highest BCUT2D eigenvalue weighted by atomic mass is 19.1. The van der Waals surface area contributed by atoms with E-state index in [1.54, 1.807) is 13.0 Å². The van der Waals surface area contributed by atoms with Crippen molar-refractivity contribution in [3.05, 3.63) is 41.5 Å². The number of nitrogens with zero attached hydrogens (tertiary/aromatic N) is 3. The van der Waals surface area contributed by atoms with Crippen molar-refractivity contribution < 1.29 is 28.6 Å². The predicted molar refractivity (Wildman–Crippen MR) is 99.4 cm³/mol. The summed E-state index contributed by atoms with van der Waals surface area (Å²) in [6.45, 7) is 2.46. The van der Waals surface area contributed by atoms with Crippen LogP contribution in [0.3, 0.4) is 0 Å². The topological polar surface area (TPSA) is 128 Å². The van der Waals surface area contributed by atoms with Gasteiger partial charge in [-0.3, -0.25) is 4.79 Å². The van der Waals surface area contributed by atoms with Gasteiger partial charge in [0.25, 0.3) is 0 Å². The quantitative estimate of drug-likeness (QED) is 0.756. The van der Waals surface area contributed by atoms with Crippen LogP contribution in [0.2, 0.25) is 0 Å². The molecular formula is C19H21FN4O5. The Morgan fingerprint density at radius 3 is 2.59 bits per heavy atom. The van der Waals surface area contributed by atoms with Crippen LogP contribution < -0.4 is 15.2 Å². The summed E-state index contributed by atoms with van der Waals surface area (Å²) in [6.07, 6.45) is 1.15. The molecule has 3 N–H and O–H groups in total. The third-order valence-electron chi connectivity index (χ3n) is 4.56. The fraction of sp³-hybridized carbons (Fsp3) is 0.368. The van der Waals surface area contributed by atoms with Gasteiger partial charge in [0.15, 0.2) is 11.6 Å². The van der Waals surface area contributed by atoms with E-state index in [4.69, 9.17) is 20.3 Å². The Labute approximate surface area is 166 Å². The summed E-state index contributed by atoms with van der Waals surface area (Å²) in [5, 5.41) is 9.01. The van der Waals surface area contributed by atoms with Crippen LogP contribution in [0.1, 0.15) is 24.0 Å². The number of benzene rings is 1. The number of halogens is 1. The van der Waals surface area contributed by atoms with Crippen LogP contribution in [0.15, 0.2) is 24.5 Å². The van der Waals surface area contributed by atoms with Gasteiger partial charge in [0.2, 0.25) is 17.7 Å². The number of ether oxygens (including phenoxy) is 2. The first kappa shape index (κ1) is 20.3. The van der Waals surface area contributed by atoms with Gasteiger partial charge in [-0.05, 0) is 24.6 Å². The third kappa shape index (κ3) is 5.09. The van der Waals surface area contributed by atoms with E-state index in [0.29, 0.717) is 42.9 Å². The second kappa shape index (κ2) is 8.72. The van der Waals surface area contributed by atoms with Gasteiger partial charge < -0.3 is 25.2 Å². The molecule has 1 saturated heterocycles. The molecule has 0 atom stereocenters. The molecule has 0 bridgehead atoms. The monoisotopic (exact) mass is 404 g/mol. The molecule has 0 radical (unpaired) electrons. The predicted octanol–water partition coefficient (Wildman–Crippen LogP) is 2.27. The lowest BCUT2D eigenvalue weighted by Crippen LogP contribution is -2.41. The number of carboxylic acid groups (broad SMARTS) is 1. The van der Waals surface area contributed by atoms with Gasteiger partial charge in [0.1, 0.15) is 12.4 Å². The van der Waals surface area contributed by atoms with Crippen LogP contribution in [0.4, 0.5) is 9.18 Å². The number of rotatable bonds is 6. The number of piperidine rings is 1. The Morgan fingerprint density at radius 2 is 1.97 bits per heavy atom. The number of carbonyl (C=O) groups excluding carboxylic acids is 1. The molecule has 2 heterocycles. The molecule has 10 heteroatoms. The second-order valence-electron chi connectivity index (χ2n) is 6.71. The van der Waals surface area contributed by atoms with E-state index in [1.807, 2.05) is 0 Å². The summed E-state index contributed by atoms with van der Waals surface area (Å²) in [4.78, 5) is 31.4. The molecule has 0 unspecified atom stereocenters. The number of amides is 2. The first-order valence-electron chi connectivity index (χ1n) is 9.04. The lowest BCUT2D eigenvalue weighted by molar-refractivity contribution is -0.117. The van der Waals surface area contributed by atoms with Crippen molar-refractivity contribution >= 4 is 12.0 Å². The second-order valence-corrected chi connectivity index (χ2v) is 6.71. The number of carbonyl (C=O) groups is 2. The molecule has 0 saturated carbocycles. The maximum Gasteiger partial charge on any atom is 0.407 e. The summed E-state index contributed by atoms with van der Waals surface area (Å²) in [7, 11) is 0. The van der Waals surface area contributed by atoms with E-state index in [9.17, 15) is 14.0 Å². The van der Waals surface area contributed by atoms with E-state index in [1.165, 1.54) is 23.4 Å². The Morgan fingerprint density at radius 1 is 1.28 bits per heavy atom. The van der Waals surface area contributed by atoms with Crippen molar-refractivity contribution in [2.24, 2.45) is 5.73 Å². The minimum atomic E-state index is -0.943. The maximum absolute atomic E-state index is 14.3. The molecule has 3 rings (SSSR count). The fourth-order valence-corrected chi connectivity index (χ4v) is 3.01. The van der Waals surface area contributed by atoms with Crippen molar-refractivity contribution in [1.82, 2.24) is 14.9 Å². The Balaban J connectivity index is 1.69. The van der Waals surface area contributed by atoms with Crippen molar-refractivity contribution in [3.8, 4) is 17.5 Å². The Kier molecular flexibility index (Phi) is 6.10. The summed E-state index contributed by atoms with van der Waals surface area (Å²) < 4.78 is 25.7. The maximum atomic E-state index is 14.3. The van der Waals surface area contributed by atoms with Crippen molar-refractivity contribution in [2.75, 3.05) is 13.1 Å². The van der Waals surface area contributed by atoms with Crippen LogP contribution in [-0.4, -0.2) is 51.2 Å². The van der Waals surface area contributed by atoms with Crippen molar-refractivity contribution in [2.45, 2.75) is 32.3 Å². The normalized spacial score (nSPS) is 14.5. The van der Waals surface area contributed by atoms with E-state index >= 15 is 0 Å². The largest absolute Gasteiger partial charge is 0.474 e. The van der Waals surface area contributed by atoms with Gasteiger partial charge in [-0.1, -0.05) is 6.07 Å². The third-order valence-corrected chi connectivity index (χ3v) is 4.56. The zero-order valence-electron chi connectivity index (χ0n) is 15.8. The minimum absolute atomic E-state index is 0.0549. The molecular weight excluding hydrogens is 383 g/mol. The number of aromatic nitrogens is 2. The highest BCUT2D eigenvalue weighted by Gasteiger charge is 2.25. The van der Waals surface area contributed by atoms with Gasteiger partial charge in [-0.15, -0.1) is 0 Å². The minimum Gasteiger partial charge on any atom is -0.474 e. The molecule has 0 spiro atoms. The zero-order valence-corrected chi connectivity index (χ0v) is 15.8. The van der Waals surface area contributed by atoms with Crippen LogP contribution in [-0.2, 0) is 11.2 Å². The van der Waals surface area contributed by atoms with E-state index in [-0.39, 0.29) is 24.2 Å². The molecule has 29 heavy (non-hydrogen) atoms. The highest BCUT2D eigenvalue weighted by Crippen LogP contribution is 2.30. The lowest BCUT2D eigenvalue weighted by Gasteiger charge is -2.30. The number of likely N-dealkylation sites (tertiary alicyclic amines) is 1. The molecule has 2 aromatic rings. The Bertz CT molecular complexity index is 915. The molecule has 1 aliphatic heterocycles. The smallest absolute Gasteiger partial charge is 0.407 e. The Hall–Kier alpha value is -3.43. The van der Waals surface area contributed by atoms with Crippen LogP contribution >= 0.6 is 0 Å². The summed E-state index contributed by atoms with van der Waals surface area (Å²) in [6, 6.07) is 4.13. The zero-order chi connectivity index (χ0) is 21.0. The average Bonchev–Trinajstić information content (AvgIpc) is 2.67. The first-order chi connectivity index (χ1) is 13.8. The van der Waals surface area contributed by atoms with E-state index < -0.39 is 17.8 Å². The van der Waals surface area contributed by atoms with Crippen molar-refractivity contribution in [3.63, 3.8) is 0 Å². The summed E-state index contributed by atoms with van der Waals surface area (Å²) in [5.74, 6) is -0.819. The SMILES string of the molecule is Cc1c(Oc2ccc(CC(N)=O)cc2F)ncnc1OC1CCN(C(=O)O)CC1. The molecule has 1 fully saturated rings. The van der Waals surface area contributed by atoms with Gasteiger partial charge >= 0.3 is 6.09 Å². The number of primary amides is 1. The lowest BCUT2D eigenvalue weighted by atomic mass is 10.1. The van der Waals surface area contributed by atoms with Crippen LogP contribution in [0.25, 0.3) is 0 Å². The molecule has 1 aromatic heterocycles. The molecule has 1 aromatic carbocycles. The molecule has 1 aliphatic rings. The summed E-state index contributed by atoms with van der Waals surface area (Å²) >= 11 is 0. The van der Waals surface area contributed by atoms with E-state index in [0.717, 1.165) is 0 Å². The summed E-state index contributed by atoms with van der Waals surface area (Å²) in [5.41, 5.74) is 6.05. The van der Waals surface area contributed by atoms with Gasteiger partial charge in [-0.25, -0.2) is 19.2 Å². The molecule has 154 valence electrons. The van der Waals surface area contributed by atoms with E-state index in [2.05, 4.69) is 9.97 Å². The molecule has 2 amide bonds. The van der Waals surface area contributed by atoms with Gasteiger partial charge in [-0.2, -0.15) is 0 Å². The van der Waals surface area contributed by atoms with Crippen LogP contribution in [0.5, 0.6) is 17.5 Å². The fourth-order valence-electron chi connectivity index (χ4n) is 3.01. The number of hydrogen-bond donors (Lipinski definition) is 2. The molecule has 0 aliphatic carbocycles. The van der Waals surface area contributed by atoms with Crippen molar-refractivity contribution in [1.29, 1.82) is 0 Å². The van der Waals surface area contributed by atoms with Crippen LogP contribution in [0, 0.1) is 12.7 Å². The van der Waals surface area contributed by atoms with Gasteiger partial charge in [0, 0.05) is 25.9 Å². The first-order valence-corrected chi connectivity index (χ1v) is 9.04. The number of hydrogen-bond acceptors (Lipinski definition) is 6. The average molecular weight is 404 g/mol. The highest BCUT2D eigenvalue weighted by molar-refractivity contribution is 5.76.